The van der Waals surface area contributed by atoms with Crippen LogP contribution in [0.5, 0.6) is 0 Å². The molecule has 2 nitrogen and oxygen atoms in total. The van der Waals surface area contributed by atoms with Gasteiger partial charge in [-0.25, -0.2) is 0 Å². The van der Waals surface area contributed by atoms with Crippen molar-refractivity contribution in [2.24, 2.45) is 0 Å². The van der Waals surface area contributed by atoms with Gasteiger partial charge in [-0.15, -0.1) is 11.6 Å². The molecule has 82 valence electrons. The highest BCUT2D eigenvalue weighted by Gasteiger charge is 2.11. The van der Waals surface area contributed by atoms with Crippen LogP contribution in [-0.4, -0.2) is 26.3 Å². The maximum Gasteiger partial charge on any atom is 0.0642 e. The summed E-state index contributed by atoms with van der Waals surface area (Å²) >= 11 is 5.84. The number of alkyl halides is 1. The molecule has 1 saturated heterocycles. The second-order valence-electron chi connectivity index (χ2n) is 3.84. The number of aryl methyl sites for hydroxylation is 1. The number of halogens is 1. The minimum absolute atomic E-state index is 0.592. The first-order valence-electron chi connectivity index (χ1n) is 5.29. The van der Waals surface area contributed by atoms with Crippen molar-refractivity contribution in [3.05, 3.63) is 29.3 Å². The van der Waals surface area contributed by atoms with Gasteiger partial charge < -0.3 is 9.64 Å². The van der Waals surface area contributed by atoms with Crippen LogP contribution in [0.15, 0.2) is 18.2 Å². The molecule has 0 atom stereocenters. The fraction of sp³-hybridized carbons (Fsp3) is 0.500. The Balaban J connectivity index is 2.17. The quantitative estimate of drug-likeness (QED) is 0.718. The maximum atomic E-state index is 5.84. The molecule has 3 heteroatoms. The molecule has 0 aliphatic carbocycles. The van der Waals surface area contributed by atoms with Crippen molar-refractivity contribution in [1.29, 1.82) is 0 Å². The average molecular weight is 226 g/mol. The third-order valence-electron chi connectivity index (χ3n) is 2.85. The molecule has 1 aromatic rings. The van der Waals surface area contributed by atoms with E-state index in [0.717, 1.165) is 26.3 Å². The van der Waals surface area contributed by atoms with Gasteiger partial charge in [0, 0.05) is 24.7 Å². The third kappa shape index (κ3) is 2.44. The van der Waals surface area contributed by atoms with E-state index < -0.39 is 0 Å². The highest BCUT2D eigenvalue weighted by atomic mass is 35.5. The molecule has 0 unspecified atom stereocenters. The molecule has 1 aliphatic rings. The van der Waals surface area contributed by atoms with Crippen LogP contribution in [0.4, 0.5) is 5.69 Å². The Kier molecular flexibility index (Phi) is 3.49. The Morgan fingerprint density at radius 1 is 1.33 bits per heavy atom. The minimum Gasteiger partial charge on any atom is -0.378 e. The lowest BCUT2D eigenvalue weighted by Crippen LogP contribution is -2.36. The summed E-state index contributed by atoms with van der Waals surface area (Å²) in [6, 6.07) is 6.48. The molecule has 1 aliphatic heterocycles. The predicted octanol–water partition coefficient (Wildman–Crippen LogP) is 2.57. The Bertz CT molecular complexity index is 334. The normalized spacial score (nSPS) is 16.8. The summed E-state index contributed by atoms with van der Waals surface area (Å²) < 4.78 is 5.33. The topological polar surface area (TPSA) is 12.5 Å². The molecule has 0 aromatic heterocycles. The SMILES string of the molecule is Cc1cc(N2CCOCC2)ccc1CCl. The van der Waals surface area contributed by atoms with Crippen molar-refractivity contribution in [1.82, 2.24) is 0 Å². The number of morpholine rings is 1. The van der Waals surface area contributed by atoms with E-state index in [9.17, 15) is 0 Å². The largest absolute Gasteiger partial charge is 0.378 e. The Labute approximate surface area is 95.8 Å². The fourth-order valence-corrected chi connectivity index (χ4v) is 2.15. The second-order valence-corrected chi connectivity index (χ2v) is 4.11. The zero-order chi connectivity index (χ0) is 10.7. The van der Waals surface area contributed by atoms with Gasteiger partial charge in [-0.05, 0) is 30.2 Å². The molecule has 15 heavy (non-hydrogen) atoms. The first-order chi connectivity index (χ1) is 7.31. The number of rotatable bonds is 2. The molecule has 0 amide bonds. The smallest absolute Gasteiger partial charge is 0.0642 e. The Morgan fingerprint density at radius 2 is 2.07 bits per heavy atom. The molecule has 1 fully saturated rings. The lowest BCUT2D eigenvalue weighted by molar-refractivity contribution is 0.122. The molecule has 0 N–H and O–H groups in total. The van der Waals surface area contributed by atoms with E-state index in [-0.39, 0.29) is 0 Å². The van der Waals surface area contributed by atoms with Crippen molar-refractivity contribution in [3.63, 3.8) is 0 Å². The summed E-state index contributed by atoms with van der Waals surface area (Å²) in [6.45, 7) is 5.74. The lowest BCUT2D eigenvalue weighted by Gasteiger charge is -2.29. The molecule has 2 rings (SSSR count). The van der Waals surface area contributed by atoms with E-state index >= 15 is 0 Å². The van der Waals surface area contributed by atoms with Crippen LogP contribution in [0.3, 0.4) is 0 Å². The van der Waals surface area contributed by atoms with E-state index in [1.807, 2.05) is 0 Å². The Morgan fingerprint density at radius 3 is 2.67 bits per heavy atom. The van der Waals surface area contributed by atoms with Crippen molar-refractivity contribution in [3.8, 4) is 0 Å². The van der Waals surface area contributed by atoms with Crippen LogP contribution in [0.2, 0.25) is 0 Å². The molecule has 0 spiro atoms. The number of anilines is 1. The number of hydrogen-bond acceptors (Lipinski definition) is 2. The molecule has 1 heterocycles. The first kappa shape index (κ1) is 10.8. The summed E-state index contributed by atoms with van der Waals surface area (Å²) in [5.74, 6) is 0.592. The van der Waals surface area contributed by atoms with Gasteiger partial charge in [0.15, 0.2) is 0 Å². The average Bonchev–Trinajstić information content (AvgIpc) is 2.30. The summed E-state index contributed by atoms with van der Waals surface area (Å²) in [5, 5.41) is 0. The van der Waals surface area contributed by atoms with Crippen LogP contribution in [0.1, 0.15) is 11.1 Å². The van der Waals surface area contributed by atoms with Crippen LogP contribution >= 0.6 is 11.6 Å². The van der Waals surface area contributed by atoms with Crippen LogP contribution in [0.25, 0.3) is 0 Å². The molecule has 0 saturated carbocycles. The number of benzene rings is 1. The summed E-state index contributed by atoms with van der Waals surface area (Å²) in [4.78, 5) is 2.36. The zero-order valence-corrected chi connectivity index (χ0v) is 9.76. The van der Waals surface area contributed by atoms with Gasteiger partial charge in [-0.2, -0.15) is 0 Å². The van der Waals surface area contributed by atoms with Crippen LogP contribution in [0, 0.1) is 6.92 Å². The van der Waals surface area contributed by atoms with Gasteiger partial charge in [0.25, 0.3) is 0 Å². The molecule has 0 radical (unpaired) electrons. The fourth-order valence-electron chi connectivity index (χ4n) is 1.85. The first-order valence-corrected chi connectivity index (χ1v) is 5.83. The van der Waals surface area contributed by atoms with Crippen molar-refractivity contribution in [2.45, 2.75) is 12.8 Å². The molecule has 0 bridgehead atoms. The summed E-state index contributed by atoms with van der Waals surface area (Å²) in [5.41, 5.74) is 3.77. The van der Waals surface area contributed by atoms with Gasteiger partial charge >= 0.3 is 0 Å². The van der Waals surface area contributed by atoms with Gasteiger partial charge in [0.2, 0.25) is 0 Å². The minimum atomic E-state index is 0.592. The highest BCUT2D eigenvalue weighted by Crippen LogP contribution is 2.21. The predicted molar refractivity (Wildman–Crippen MR) is 63.8 cm³/mol. The van der Waals surface area contributed by atoms with Gasteiger partial charge in [0.05, 0.1) is 13.2 Å². The lowest BCUT2D eigenvalue weighted by atomic mass is 10.1. The van der Waals surface area contributed by atoms with E-state index in [4.69, 9.17) is 16.3 Å². The number of ether oxygens (including phenoxy) is 1. The van der Waals surface area contributed by atoms with Crippen LogP contribution in [-0.2, 0) is 10.6 Å². The van der Waals surface area contributed by atoms with E-state index in [0.29, 0.717) is 5.88 Å². The van der Waals surface area contributed by atoms with Crippen LogP contribution < -0.4 is 4.90 Å². The van der Waals surface area contributed by atoms with E-state index in [2.05, 4.69) is 30.0 Å². The molecular formula is C12H16ClNO. The monoisotopic (exact) mass is 225 g/mol. The standard InChI is InChI=1S/C12H16ClNO/c1-10-8-12(3-2-11(10)9-13)14-4-6-15-7-5-14/h2-3,8H,4-7,9H2,1H3. The number of hydrogen-bond donors (Lipinski definition) is 0. The summed E-state index contributed by atoms with van der Waals surface area (Å²) in [6.07, 6.45) is 0. The van der Waals surface area contributed by atoms with E-state index in [1.165, 1.54) is 16.8 Å². The van der Waals surface area contributed by atoms with Crippen molar-refractivity contribution >= 4 is 17.3 Å². The highest BCUT2D eigenvalue weighted by molar-refractivity contribution is 6.17. The molecular weight excluding hydrogens is 210 g/mol. The van der Waals surface area contributed by atoms with Gasteiger partial charge in [-0.1, -0.05) is 6.07 Å². The summed E-state index contributed by atoms with van der Waals surface area (Å²) in [7, 11) is 0. The second kappa shape index (κ2) is 4.86. The van der Waals surface area contributed by atoms with E-state index in [1.54, 1.807) is 0 Å². The molecule has 1 aromatic carbocycles. The Hall–Kier alpha value is -0.730. The zero-order valence-electron chi connectivity index (χ0n) is 9.00. The maximum absolute atomic E-state index is 5.84. The van der Waals surface area contributed by atoms with Crippen molar-refractivity contribution < 1.29 is 4.74 Å². The number of nitrogens with zero attached hydrogens (tertiary/aromatic N) is 1. The third-order valence-corrected chi connectivity index (χ3v) is 3.13. The van der Waals surface area contributed by atoms with Crippen molar-refractivity contribution in [2.75, 3.05) is 31.2 Å². The van der Waals surface area contributed by atoms with Gasteiger partial charge in [-0.3, -0.25) is 0 Å². The van der Waals surface area contributed by atoms with Gasteiger partial charge in [0.1, 0.15) is 0 Å².